The number of carbonyl (C=O) groups excluding carboxylic acids is 1. The van der Waals surface area contributed by atoms with Crippen molar-refractivity contribution in [1.82, 2.24) is 10.3 Å². The van der Waals surface area contributed by atoms with Crippen molar-refractivity contribution < 1.29 is 28.1 Å². The number of carboxylic acids is 1. The van der Waals surface area contributed by atoms with Crippen LogP contribution in [-0.2, 0) is 22.4 Å². The number of nitrogens with zero attached hydrogens (tertiary/aromatic N) is 2. The van der Waals surface area contributed by atoms with E-state index < -0.39 is 17.7 Å². The Balaban J connectivity index is 1.60. The smallest absolute Gasteiger partial charge is 0.303 e. The third-order valence-corrected chi connectivity index (χ3v) is 6.40. The molecule has 2 aromatic heterocycles. The van der Waals surface area contributed by atoms with Crippen LogP contribution in [0, 0.1) is 18.2 Å². The van der Waals surface area contributed by atoms with Crippen molar-refractivity contribution in [3.05, 3.63) is 58.2 Å². The molecular weight excluding hydrogens is 463 g/mol. The lowest BCUT2D eigenvalue weighted by Gasteiger charge is -2.15. The van der Waals surface area contributed by atoms with Gasteiger partial charge in [0.2, 0.25) is 0 Å². The van der Waals surface area contributed by atoms with E-state index in [9.17, 15) is 19.1 Å². The molecule has 4 rings (SSSR count). The lowest BCUT2D eigenvalue weighted by molar-refractivity contribution is -0.137. The number of Topliss-reactive ketones (excluding diaryl/α,β-unsaturated/α-hetero) is 1. The van der Waals surface area contributed by atoms with Crippen molar-refractivity contribution in [2.24, 2.45) is 5.41 Å². The van der Waals surface area contributed by atoms with Crippen molar-refractivity contribution in [3.8, 4) is 11.5 Å². The summed E-state index contributed by atoms with van der Waals surface area (Å²) >= 11 is 0. The van der Waals surface area contributed by atoms with Gasteiger partial charge in [0, 0.05) is 43.2 Å². The van der Waals surface area contributed by atoms with Gasteiger partial charge in [0.1, 0.15) is 17.4 Å². The molecule has 2 heterocycles. The van der Waals surface area contributed by atoms with Crippen LogP contribution in [0.3, 0.4) is 0 Å². The van der Waals surface area contributed by atoms with Crippen molar-refractivity contribution in [3.63, 3.8) is 0 Å². The van der Waals surface area contributed by atoms with Crippen LogP contribution < -0.4 is 0 Å². The van der Waals surface area contributed by atoms with Gasteiger partial charge in [0.15, 0.2) is 11.5 Å². The average Bonchev–Trinajstić information content (AvgIpc) is 3.35. The van der Waals surface area contributed by atoms with E-state index >= 15 is 0 Å². The van der Waals surface area contributed by atoms with Crippen molar-refractivity contribution in [1.29, 1.82) is 0 Å². The summed E-state index contributed by atoms with van der Waals surface area (Å²) in [5, 5.41) is 17.8. The number of aromatic nitrogens is 2. The Kier molecular flexibility index (Phi) is 7.43. The molecular formula is C28H33FN2O5. The average molecular weight is 497 g/mol. The van der Waals surface area contributed by atoms with E-state index in [1.54, 1.807) is 19.1 Å². The summed E-state index contributed by atoms with van der Waals surface area (Å²) in [5.74, 6) is -0.490. The van der Waals surface area contributed by atoms with Crippen LogP contribution >= 0.6 is 0 Å². The summed E-state index contributed by atoms with van der Waals surface area (Å²) in [6.45, 7) is 8.14. The Morgan fingerprint density at radius 3 is 2.56 bits per heavy atom. The van der Waals surface area contributed by atoms with Crippen molar-refractivity contribution >= 4 is 11.8 Å². The van der Waals surface area contributed by atoms with Crippen LogP contribution in [-0.4, -0.2) is 27.2 Å². The highest BCUT2D eigenvalue weighted by atomic mass is 19.1. The molecule has 7 nitrogen and oxygen atoms in total. The number of ketones is 1. The molecule has 0 unspecified atom stereocenters. The highest BCUT2D eigenvalue weighted by Crippen LogP contribution is 2.48. The molecule has 0 radical (unpaired) electrons. The van der Waals surface area contributed by atoms with Gasteiger partial charge in [-0.2, -0.15) is 0 Å². The maximum Gasteiger partial charge on any atom is 0.303 e. The van der Waals surface area contributed by atoms with Gasteiger partial charge in [-0.1, -0.05) is 43.2 Å². The second-order valence-corrected chi connectivity index (χ2v) is 11.1. The van der Waals surface area contributed by atoms with Crippen LogP contribution in [0.15, 0.2) is 33.3 Å². The zero-order chi connectivity index (χ0) is 26.0. The molecule has 1 N–H and O–H groups in total. The number of rotatable bonds is 11. The monoisotopic (exact) mass is 496 g/mol. The SMILES string of the molecule is Cc1ccc(CC(=O)C[C@H](CCC(=O)O)c2noc(-c3cc(CC(C)(C)C)on3)c2C2CC2)c(F)c1. The number of carbonyl (C=O) groups is 2. The number of halogens is 1. The molecule has 0 spiro atoms. The first kappa shape index (κ1) is 25.8. The fourth-order valence-electron chi connectivity index (χ4n) is 4.57. The highest BCUT2D eigenvalue weighted by molar-refractivity contribution is 5.82. The lowest BCUT2D eigenvalue weighted by atomic mass is 9.87. The van der Waals surface area contributed by atoms with Crippen LogP contribution in [0.1, 0.15) is 92.9 Å². The van der Waals surface area contributed by atoms with Gasteiger partial charge >= 0.3 is 5.97 Å². The Morgan fingerprint density at radius 2 is 1.92 bits per heavy atom. The van der Waals surface area contributed by atoms with Crippen LogP contribution in [0.25, 0.3) is 11.5 Å². The molecule has 1 saturated carbocycles. The van der Waals surface area contributed by atoms with E-state index in [-0.39, 0.29) is 42.8 Å². The molecule has 0 bridgehead atoms. The van der Waals surface area contributed by atoms with Gasteiger partial charge in [0.25, 0.3) is 0 Å². The van der Waals surface area contributed by atoms with Gasteiger partial charge < -0.3 is 14.2 Å². The zero-order valence-electron chi connectivity index (χ0n) is 21.3. The van der Waals surface area contributed by atoms with E-state index in [0.717, 1.165) is 29.7 Å². The Hall–Kier alpha value is -3.29. The number of hydrogen-bond donors (Lipinski definition) is 1. The first-order valence-electron chi connectivity index (χ1n) is 12.4. The Morgan fingerprint density at radius 1 is 1.17 bits per heavy atom. The molecule has 1 aromatic carbocycles. The summed E-state index contributed by atoms with van der Waals surface area (Å²) < 4.78 is 25.6. The molecule has 0 aliphatic heterocycles. The molecule has 0 amide bonds. The minimum absolute atomic E-state index is 0.0297. The zero-order valence-corrected chi connectivity index (χ0v) is 21.3. The number of benzene rings is 1. The summed E-state index contributed by atoms with van der Waals surface area (Å²) in [6, 6.07) is 6.66. The summed E-state index contributed by atoms with van der Waals surface area (Å²) in [7, 11) is 0. The molecule has 1 aliphatic carbocycles. The summed E-state index contributed by atoms with van der Waals surface area (Å²) in [5.41, 5.74) is 3.19. The number of carboxylic acid groups (broad SMARTS) is 1. The van der Waals surface area contributed by atoms with Crippen LogP contribution in [0.4, 0.5) is 4.39 Å². The highest BCUT2D eigenvalue weighted by Gasteiger charge is 2.37. The number of aliphatic carboxylic acids is 1. The maximum absolute atomic E-state index is 14.3. The van der Waals surface area contributed by atoms with Gasteiger partial charge in [-0.15, -0.1) is 0 Å². The molecule has 8 heteroatoms. The third kappa shape index (κ3) is 6.47. The number of hydrogen-bond acceptors (Lipinski definition) is 6. The quantitative estimate of drug-likeness (QED) is 0.328. The van der Waals surface area contributed by atoms with E-state index in [2.05, 4.69) is 31.1 Å². The lowest BCUT2D eigenvalue weighted by Crippen LogP contribution is -2.13. The summed E-state index contributed by atoms with van der Waals surface area (Å²) in [6.07, 6.45) is 2.76. The topological polar surface area (TPSA) is 106 Å². The molecule has 1 aliphatic rings. The Labute approximate surface area is 210 Å². The van der Waals surface area contributed by atoms with E-state index in [1.807, 2.05) is 6.07 Å². The predicted molar refractivity (Wildman–Crippen MR) is 131 cm³/mol. The Bertz CT molecular complexity index is 1250. The third-order valence-electron chi connectivity index (χ3n) is 6.40. The van der Waals surface area contributed by atoms with Crippen LogP contribution in [0.2, 0.25) is 0 Å². The molecule has 0 saturated heterocycles. The maximum atomic E-state index is 14.3. The summed E-state index contributed by atoms with van der Waals surface area (Å²) in [4.78, 5) is 24.4. The molecule has 1 fully saturated rings. The second-order valence-electron chi connectivity index (χ2n) is 11.1. The molecule has 192 valence electrons. The fraction of sp³-hybridized carbons (Fsp3) is 0.500. The second kappa shape index (κ2) is 10.4. The normalized spacial score (nSPS) is 14.7. The molecule has 36 heavy (non-hydrogen) atoms. The standard InChI is InChI=1S/C28H33FN2O5/c1-16-5-6-18(22(29)11-16)12-20(32)13-19(9-10-24(33)34)26-25(17-7-8-17)27(36-31-26)23-14-21(35-30-23)15-28(2,3)4/h5-6,11,14,17,19H,7-10,12-13,15H2,1-4H3,(H,33,34)/t19-/m0/s1. The van der Waals surface area contributed by atoms with Crippen molar-refractivity contribution in [2.45, 2.75) is 84.5 Å². The van der Waals surface area contributed by atoms with Gasteiger partial charge in [-0.05, 0) is 54.7 Å². The largest absolute Gasteiger partial charge is 0.481 e. The number of aryl methyl sites for hydroxylation is 1. The first-order valence-corrected chi connectivity index (χ1v) is 12.4. The van der Waals surface area contributed by atoms with Gasteiger partial charge in [0.05, 0.1) is 5.69 Å². The minimum Gasteiger partial charge on any atom is -0.481 e. The fourth-order valence-corrected chi connectivity index (χ4v) is 4.57. The van der Waals surface area contributed by atoms with E-state index in [1.165, 1.54) is 6.07 Å². The van der Waals surface area contributed by atoms with E-state index in [4.69, 9.17) is 9.05 Å². The van der Waals surface area contributed by atoms with Gasteiger partial charge in [-0.3, -0.25) is 9.59 Å². The van der Waals surface area contributed by atoms with Crippen LogP contribution in [0.5, 0.6) is 0 Å². The van der Waals surface area contributed by atoms with Gasteiger partial charge in [-0.25, -0.2) is 4.39 Å². The molecule has 3 aromatic rings. The van der Waals surface area contributed by atoms with E-state index in [0.29, 0.717) is 29.1 Å². The van der Waals surface area contributed by atoms with Crippen molar-refractivity contribution in [2.75, 3.05) is 0 Å². The predicted octanol–water partition coefficient (Wildman–Crippen LogP) is 6.39. The molecule has 1 atom stereocenters. The minimum atomic E-state index is -0.947. The first-order chi connectivity index (χ1) is 17.0.